The number of primary amides is 1. The molecule has 0 bridgehead atoms. The molecule has 0 aliphatic rings. The number of alkyl halides is 1. The van der Waals surface area contributed by atoms with E-state index in [0.717, 1.165) is 0 Å². The Morgan fingerprint density at radius 2 is 1.94 bits per heavy atom. The number of nitrogens with two attached hydrogens (primary N) is 1. The number of hydrogen-bond acceptors (Lipinski definition) is 3. The van der Waals surface area contributed by atoms with Crippen molar-refractivity contribution in [3.05, 3.63) is 0 Å². The first-order chi connectivity index (χ1) is 7.38. The molecule has 0 aromatic heterocycles. The summed E-state index contributed by atoms with van der Waals surface area (Å²) in [5.41, 5.74) is 4.99. The van der Waals surface area contributed by atoms with Crippen molar-refractivity contribution in [2.24, 2.45) is 5.73 Å². The summed E-state index contributed by atoms with van der Waals surface area (Å²) in [7, 11) is 0. The molecule has 0 aromatic rings. The van der Waals surface area contributed by atoms with Gasteiger partial charge in [-0.25, -0.2) is 4.79 Å². The molecule has 0 aliphatic carbocycles. The Balaban J connectivity index is 4.38. The molecule has 92 valence electrons. The van der Waals surface area contributed by atoms with E-state index in [4.69, 9.17) is 17.3 Å². The van der Waals surface area contributed by atoms with Crippen molar-refractivity contribution in [2.45, 2.75) is 26.3 Å². The van der Waals surface area contributed by atoms with Crippen LogP contribution in [0.5, 0.6) is 0 Å². The maximum Gasteiger partial charge on any atom is 0.324 e. The zero-order valence-corrected chi connectivity index (χ0v) is 10.1. The highest BCUT2D eigenvalue weighted by atomic mass is 35.5. The van der Waals surface area contributed by atoms with Crippen LogP contribution in [-0.2, 0) is 9.59 Å². The maximum atomic E-state index is 11.5. The molecule has 0 saturated carbocycles. The van der Waals surface area contributed by atoms with Gasteiger partial charge >= 0.3 is 6.03 Å². The fraction of sp³-hybridized carbons (Fsp3) is 0.667. The molecule has 0 heterocycles. The lowest BCUT2D eigenvalue weighted by Gasteiger charge is -2.24. The summed E-state index contributed by atoms with van der Waals surface area (Å²) < 4.78 is 0. The van der Waals surface area contributed by atoms with Gasteiger partial charge in [0.15, 0.2) is 0 Å². The highest BCUT2D eigenvalue weighted by molar-refractivity contribution is 6.19. The molecule has 0 aliphatic heterocycles. The first-order valence-corrected chi connectivity index (χ1v) is 5.36. The fourth-order valence-corrected chi connectivity index (χ4v) is 1.17. The number of urea groups is 1. The number of hydrogen-bond donors (Lipinski definition) is 2. The van der Waals surface area contributed by atoms with Crippen LogP contribution in [0.15, 0.2) is 0 Å². The normalized spacial score (nSPS) is 10.0. The van der Waals surface area contributed by atoms with Gasteiger partial charge in [-0.15, -0.1) is 11.6 Å². The number of nitrogens with one attached hydrogen (secondary N) is 1. The lowest BCUT2D eigenvalue weighted by molar-refractivity contribution is -0.121. The van der Waals surface area contributed by atoms with Crippen molar-refractivity contribution in [1.82, 2.24) is 10.2 Å². The van der Waals surface area contributed by atoms with Gasteiger partial charge in [0.2, 0.25) is 11.8 Å². The Kier molecular flexibility index (Phi) is 6.48. The minimum Gasteiger partial charge on any atom is -0.368 e. The average Bonchev–Trinajstić information content (AvgIpc) is 2.13. The van der Waals surface area contributed by atoms with E-state index in [0.29, 0.717) is 0 Å². The molecule has 3 N–H and O–H groups in total. The van der Waals surface area contributed by atoms with Crippen molar-refractivity contribution < 1.29 is 14.4 Å². The summed E-state index contributed by atoms with van der Waals surface area (Å²) in [6, 6.07) is -0.861. The van der Waals surface area contributed by atoms with E-state index in [9.17, 15) is 14.4 Å². The van der Waals surface area contributed by atoms with Gasteiger partial charge in [-0.3, -0.25) is 14.9 Å². The van der Waals surface area contributed by atoms with E-state index in [1.54, 1.807) is 13.8 Å². The third kappa shape index (κ3) is 5.55. The van der Waals surface area contributed by atoms with E-state index in [1.165, 1.54) is 4.90 Å². The van der Waals surface area contributed by atoms with Gasteiger partial charge in [-0.05, 0) is 13.8 Å². The molecule has 6 nitrogen and oxygen atoms in total. The van der Waals surface area contributed by atoms with Gasteiger partial charge in [0.1, 0.15) is 6.54 Å². The molecule has 0 radical (unpaired) electrons. The fourth-order valence-electron chi connectivity index (χ4n) is 0.996. The number of carbonyl (C=O) groups excluding carboxylic acids is 3. The van der Waals surface area contributed by atoms with Crippen molar-refractivity contribution in [3.63, 3.8) is 0 Å². The molecule has 16 heavy (non-hydrogen) atoms. The van der Waals surface area contributed by atoms with E-state index < -0.39 is 17.8 Å². The van der Waals surface area contributed by atoms with Crippen LogP contribution in [0.2, 0.25) is 0 Å². The Morgan fingerprint density at radius 3 is 2.31 bits per heavy atom. The number of amides is 4. The molecular weight excluding hydrogens is 234 g/mol. The number of halogens is 1. The van der Waals surface area contributed by atoms with E-state index in [2.05, 4.69) is 5.32 Å². The summed E-state index contributed by atoms with van der Waals surface area (Å²) in [6.07, 6.45) is 0.0514. The van der Waals surface area contributed by atoms with Gasteiger partial charge < -0.3 is 10.6 Å². The van der Waals surface area contributed by atoms with Gasteiger partial charge in [-0.1, -0.05) is 0 Å². The predicted molar refractivity (Wildman–Crippen MR) is 59.9 cm³/mol. The smallest absolute Gasteiger partial charge is 0.324 e. The molecule has 0 spiro atoms. The lowest BCUT2D eigenvalue weighted by Crippen LogP contribution is -2.49. The van der Waals surface area contributed by atoms with Crippen molar-refractivity contribution in [3.8, 4) is 0 Å². The second kappa shape index (κ2) is 7.05. The molecule has 0 rings (SSSR count). The second-order valence-corrected chi connectivity index (χ2v) is 3.86. The van der Waals surface area contributed by atoms with Crippen LogP contribution in [0.1, 0.15) is 20.3 Å². The first kappa shape index (κ1) is 14.7. The van der Waals surface area contributed by atoms with Gasteiger partial charge in [0, 0.05) is 18.3 Å². The summed E-state index contributed by atoms with van der Waals surface area (Å²) >= 11 is 5.35. The Hall–Kier alpha value is -1.30. The molecule has 0 saturated heterocycles. The molecule has 0 fully saturated rings. The van der Waals surface area contributed by atoms with Crippen LogP contribution >= 0.6 is 11.6 Å². The highest BCUT2D eigenvalue weighted by Crippen LogP contribution is 1.98. The monoisotopic (exact) mass is 249 g/mol. The summed E-state index contributed by atoms with van der Waals surface area (Å²) in [5, 5.41) is 2.12. The SMILES string of the molecule is CC(C)N(CC(N)=O)C(=O)NC(=O)CCCl. The van der Waals surface area contributed by atoms with E-state index >= 15 is 0 Å². The standard InChI is InChI=1S/C9H16ClN3O3/c1-6(2)13(5-7(11)14)9(16)12-8(15)3-4-10/h6H,3-5H2,1-2H3,(H2,11,14)(H,12,15,16). The highest BCUT2D eigenvalue weighted by Gasteiger charge is 2.20. The van der Waals surface area contributed by atoms with Gasteiger partial charge in [-0.2, -0.15) is 0 Å². The Labute approximate surface area is 99.1 Å². The van der Waals surface area contributed by atoms with Crippen LogP contribution in [0.25, 0.3) is 0 Å². The van der Waals surface area contributed by atoms with Gasteiger partial charge in [0.05, 0.1) is 0 Å². The predicted octanol–water partition coefficient (Wildman–Crippen LogP) is 0.0472. The number of nitrogens with zero attached hydrogens (tertiary/aromatic N) is 1. The number of imide groups is 1. The Bertz CT molecular complexity index is 281. The number of carbonyl (C=O) groups is 3. The van der Waals surface area contributed by atoms with Crippen LogP contribution in [-0.4, -0.2) is 41.2 Å². The average molecular weight is 250 g/mol. The summed E-state index contributed by atoms with van der Waals surface area (Å²) in [5.74, 6) is -0.972. The first-order valence-electron chi connectivity index (χ1n) is 4.83. The third-order valence-electron chi connectivity index (χ3n) is 1.78. The molecule has 4 amide bonds. The summed E-state index contributed by atoms with van der Waals surface area (Å²) in [4.78, 5) is 34.6. The number of rotatable bonds is 5. The Morgan fingerprint density at radius 1 is 1.38 bits per heavy atom. The maximum absolute atomic E-state index is 11.5. The topological polar surface area (TPSA) is 92.5 Å². The summed E-state index contributed by atoms with van der Waals surface area (Å²) in [6.45, 7) is 3.21. The van der Waals surface area contributed by atoms with Crippen LogP contribution in [0.3, 0.4) is 0 Å². The minimum absolute atomic E-state index is 0.0514. The van der Waals surface area contributed by atoms with E-state index in [1.807, 2.05) is 0 Å². The van der Waals surface area contributed by atoms with Crippen molar-refractivity contribution in [2.75, 3.05) is 12.4 Å². The minimum atomic E-state index is -0.635. The van der Waals surface area contributed by atoms with Crippen LogP contribution in [0.4, 0.5) is 4.79 Å². The lowest BCUT2D eigenvalue weighted by atomic mass is 10.3. The van der Waals surface area contributed by atoms with Crippen LogP contribution < -0.4 is 11.1 Å². The van der Waals surface area contributed by atoms with Crippen molar-refractivity contribution in [1.29, 1.82) is 0 Å². The zero-order chi connectivity index (χ0) is 12.7. The van der Waals surface area contributed by atoms with E-state index in [-0.39, 0.29) is 24.9 Å². The molecule has 0 unspecified atom stereocenters. The van der Waals surface area contributed by atoms with Crippen LogP contribution in [0, 0.1) is 0 Å². The van der Waals surface area contributed by atoms with Crippen molar-refractivity contribution >= 4 is 29.4 Å². The van der Waals surface area contributed by atoms with Gasteiger partial charge in [0.25, 0.3) is 0 Å². The second-order valence-electron chi connectivity index (χ2n) is 3.48. The quantitative estimate of drug-likeness (QED) is 0.674. The molecule has 0 aromatic carbocycles. The largest absolute Gasteiger partial charge is 0.368 e. The molecule has 0 atom stereocenters. The third-order valence-corrected chi connectivity index (χ3v) is 1.97. The molecule has 7 heteroatoms. The zero-order valence-electron chi connectivity index (χ0n) is 9.33. The molecular formula is C9H16ClN3O3.